The minimum Gasteiger partial charge on any atom is -0.353 e. The molecule has 1 aromatic rings. The maximum Gasteiger partial charge on any atom is 0.169 e. The van der Waals surface area contributed by atoms with Crippen LogP contribution in [0.25, 0.3) is 0 Å². The molecular formula is C13H18BrNO2S2. The van der Waals surface area contributed by atoms with Crippen LogP contribution >= 0.6 is 27.7 Å². The van der Waals surface area contributed by atoms with Gasteiger partial charge in [0.05, 0.1) is 0 Å². The van der Waals surface area contributed by atoms with Crippen LogP contribution in [0, 0.1) is 6.92 Å². The molecule has 106 valence electrons. The van der Waals surface area contributed by atoms with Gasteiger partial charge in [-0.2, -0.15) is 11.8 Å². The molecule has 3 nitrogen and oxygen atoms in total. The number of sulfone groups is 1. The van der Waals surface area contributed by atoms with E-state index in [1.807, 2.05) is 17.9 Å². The molecule has 1 fully saturated rings. The van der Waals surface area contributed by atoms with E-state index in [1.54, 1.807) is 11.8 Å². The van der Waals surface area contributed by atoms with E-state index in [1.165, 1.54) is 11.8 Å². The fourth-order valence-corrected chi connectivity index (χ4v) is 5.52. The van der Waals surface area contributed by atoms with Crippen LogP contribution in [0.2, 0.25) is 0 Å². The van der Waals surface area contributed by atoms with E-state index in [0.717, 1.165) is 28.9 Å². The molecule has 1 aliphatic heterocycles. The second kappa shape index (κ2) is 6.06. The summed E-state index contributed by atoms with van der Waals surface area (Å²) in [6, 6.07) is 6.21. The predicted octanol–water partition coefficient (Wildman–Crippen LogP) is 2.81. The van der Waals surface area contributed by atoms with Crippen molar-refractivity contribution in [3.8, 4) is 0 Å². The molecule has 6 heteroatoms. The van der Waals surface area contributed by atoms with E-state index < -0.39 is 15.2 Å². The predicted molar refractivity (Wildman–Crippen MR) is 87.1 cm³/mol. The zero-order valence-corrected chi connectivity index (χ0v) is 14.3. The lowest BCUT2D eigenvalue weighted by Gasteiger charge is -2.36. The largest absolute Gasteiger partial charge is 0.353 e. The van der Waals surface area contributed by atoms with Gasteiger partial charge in [0.15, 0.2) is 9.84 Å². The summed E-state index contributed by atoms with van der Waals surface area (Å²) in [5.41, 5.74) is 3.39. The van der Waals surface area contributed by atoms with E-state index in [-0.39, 0.29) is 0 Å². The van der Waals surface area contributed by atoms with Gasteiger partial charge in [-0.05, 0) is 24.1 Å². The third kappa shape index (κ3) is 3.47. The monoisotopic (exact) mass is 363 g/mol. The Hall–Kier alpha value is -0.200. The SMILES string of the molecule is Cc1cc(CBr)ccc1N1CCSCC1S(C)(=O)=O. The van der Waals surface area contributed by atoms with Crippen molar-refractivity contribution in [3.63, 3.8) is 0 Å². The van der Waals surface area contributed by atoms with Gasteiger partial charge in [-0.1, -0.05) is 28.1 Å². The summed E-state index contributed by atoms with van der Waals surface area (Å²) in [5, 5.41) is 0.416. The summed E-state index contributed by atoms with van der Waals surface area (Å²) >= 11 is 5.16. The van der Waals surface area contributed by atoms with Crippen molar-refractivity contribution in [3.05, 3.63) is 29.3 Å². The minimum absolute atomic E-state index is 0.403. The molecule has 2 rings (SSSR count). The van der Waals surface area contributed by atoms with E-state index in [4.69, 9.17) is 0 Å². The Labute approximate surface area is 127 Å². The van der Waals surface area contributed by atoms with Crippen LogP contribution in [-0.4, -0.2) is 38.1 Å². The summed E-state index contributed by atoms with van der Waals surface area (Å²) in [4.78, 5) is 2.04. The molecule has 0 N–H and O–H groups in total. The average Bonchev–Trinajstić information content (AvgIpc) is 2.37. The molecule has 0 amide bonds. The van der Waals surface area contributed by atoms with Crippen molar-refractivity contribution in [2.45, 2.75) is 17.6 Å². The number of rotatable bonds is 3. The van der Waals surface area contributed by atoms with E-state index in [9.17, 15) is 8.42 Å². The first-order valence-electron chi connectivity index (χ1n) is 6.12. The molecule has 0 saturated carbocycles. The summed E-state index contributed by atoms with van der Waals surface area (Å²) in [7, 11) is -3.06. The lowest BCUT2D eigenvalue weighted by Crippen LogP contribution is -2.47. The summed E-state index contributed by atoms with van der Waals surface area (Å²) in [6.45, 7) is 2.83. The van der Waals surface area contributed by atoms with Crippen LogP contribution < -0.4 is 4.90 Å². The van der Waals surface area contributed by atoms with Gasteiger partial charge in [0.1, 0.15) is 5.37 Å². The Morgan fingerprint density at radius 2 is 2.21 bits per heavy atom. The lowest BCUT2D eigenvalue weighted by molar-refractivity contribution is 0.584. The zero-order valence-electron chi connectivity index (χ0n) is 11.1. The molecule has 1 aromatic carbocycles. The van der Waals surface area contributed by atoms with Crippen LogP contribution in [-0.2, 0) is 15.2 Å². The van der Waals surface area contributed by atoms with Gasteiger partial charge >= 0.3 is 0 Å². The van der Waals surface area contributed by atoms with E-state index in [0.29, 0.717) is 5.75 Å². The van der Waals surface area contributed by atoms with Crippen LogP contribution in [0.3, 0.4) is 0 Å². The summed E-state index contributed by atoms with van der Waals surface area (Å²) in [5.74, 6) is 1.63. The Balaban J connectivity index is 2.38. The average molecular weight is 364 g/mol. The van der Waals surface area contributed by atoms with Crippen molar-refractivity contribution in [1.82, 2.24) is 0 Å². The highest BCUT2D eigenvalue weighted by Crippen LogP contribution is 2.30. The van der Waals surface area contributed by atoms with Gasteiger partial charge in [0, 0.05) is 35.3 Å². The number of halogens is 1. The Morgan fingerprint density at radius 1 is 1.47 bits per heavy atom. The van der Waals surface area contributed by atoms with Gasteiger partial charge < -0.3 is 4.90 Å². The van der Waals surface area contributed by atoms with Crippen LogP contribution in [0.5, 0.6) is 0 Å². The fourth-order valence-electron chi connectivity index (χ4n) is 2.33. The first-order chi connectivity index (χ1) is 8.93. The van der Waals surface area contributed by atoms with Crippen molar-refractivity contribution in [2.24, 2.45) is 0 Å². The molecule has 1 saturated heterocycles. The standard InChI is InChI=1S/C13H18BrNO2S2/c1-10-7-11(8-14)3-4-12(10)15-5-6-18-9-13(15)19(2,16)17/h3-4,7,13H,5-6,8-9H2,1-2H3. The maximum absolute atomic E-state index is 11.9. The smallest absolute Gasteiger partial charge is 0.169 e. The normalized spacial score (nSPS) is 20.6. The first-order valence-corrected chi connectivity index (χ1v) is 10.4. The number of nitrogens with zero attached hydrogens (tertiary/aromatic N) is 1. The van der Waals surface area contributed by atoms with Gasteiger partial charge in [0.2, 0.25) is 0 Å². The van der Waals surface area contributed by atoms with Crippen molar-refractivity contribution in [2.75, 3.05) is 29.2 Å². The van der Waals surface area contributed by atoms with E-state index >= 15 is 0 Å². The Morgan fingerprint density at radius 3 is 2.79 bits per heavy atom. The molecular weight excluding hydrogens is 346 g/mol. The second-order valence-corrected chi connectivity index (χ2v) is 8.72. The first kappa shape index (κ1) is 15.2. The van der Waals surface area contributed by atoms with Gasteiger partial charge in [-0.25, -0.2) is 8.42 Å². The van der Waals surface area contributed by atoms with Crippen LogP contribution in [0.4, 0.5) is 5.69 Å². The summed E-state index contributed by atoms with van der Waals surface area (Å²) in [6.07, 6.45) is 1.33. The number of benzene rings is 1. The molecule has 0 aliphatic carbocycles. The Bertz CT molecular complexity index is 560. The molecule has 1 heterocycles. The van der Waals surface area contributed by atoms with Crippen LogP contribution in [0.15, 0.2) is 18.2 Å². The van der Waals surface area contributed by atoms with Crippen molar-refractivity contribution in [1.29, 1.82) is 0 Å². The molecule has 0 radical (unpaired) electrons. The third-order valence-electron chi connectivity index (χ3n) is 3.30. The molecule has 0 bridgehead atoms. The molecule has 1 aliphatic rings. The molecule has 1 atom stereocenters. The molecule has 0 aromatic heterocycles. The van der Waals surface area contributed by atoms with E-state index in [2.05, 4.69) is 28.1 Å². The number of hydrogen-bond donors (Lipinski definition) is 0. The highest BCUT2D eigenvalue weighted by molar-refractivity contribution is 9.08. The number of thioether (sulfide) groups is 1. The molecule has 1 unspecified atom stereocenters. The lowest BCUT2D eigenvalue weighted by atomic mass is 10.1. The van der Waals surface area contributed by atoms with Crippen molar-refractivity contribution >= 4 is 43.2 Å². The summed E-state index contributed by atoms with van der Waals surface area (Å²) < 4.78 is 23.9. The number of alkyl halides is 1. The number of anilines is 1. The number of aryl methyl sites for hydroxylation is 1. The highest BCUT2D eigenvalue weighted by atomic mass is 79.9. The topological polar surface area (TPSA) is 37.4 Å². The molecule has 19 heavy (non-hydrogen) atoms. The van der Waals surface area contributed by atoms with Gasteiger partial charge in [0.25, 0.3) is 0 Å². The minimum atomic E-state index is -3.06. The fraction of sp³-hybridized carbons (Fsp3) is 0.538. The zero-order chi connectivity index (χ0) is 14.0. The van der Waals surface area contributed by atoms with Crippen molar-refractivity contribution < 1.29 is 8.42 Å². The quantitative estimate of drug-likeness (QED) is 0.773. The van der Waals surface area contributed by atoms with Gasteiger partial charge in [-0.3, -0.25) is 0 Å². The Kier molecular flexibility index (Phi) is 4.84. The van der Waals surface area contributed by atoms with Gasteiger partial charge in [-0.15, -0.1) is 0 Å². The molecule has 0 spiro atoms. The number of hydrogen-bond acceptors (Lipinski definition) is 4. The highest BCUT2D eigenvalue weighted by Gasteiger charge is 2.31. The maximum atomic E-state index is 11.9. The van der Waals surface area contributed by atoms with Crippen LogP contribution in [0.1, 0.15) is 11.1 Å². The second-order valence-electron chi connectivity index (χ2n) is 4.81. The third-order valence-corrected chi connectivity index (χ3v) is 6.59.